The summed E-state index contributed by atoms with van der Waals surface area (Å²) < 4.78 is 32.2. The Morgan fingerprint density at radius 3 is 2.50 bits per heavy atom. The molecule has 0 atom stereocenters. The number of aromatic nitrogens is 5. The molecular formula is C18H21F2N5O. The average Bonchev–Trinajstić information content (AvgIpc) is 3.05. The van der Waals surface area contributed by atoms with Gasteiger partial charge in [-0.25, -0.2) is 13.8 Å². The fourth-order valence-corrected chi connectivity index (χ4v) is 2.26. The van der Waals surface area contributed by atoms with Crippen LogP contribution in [0.1, 0.15) is 32.2 Å². The molecule has 0 saturated heterocycles. The highest BCUT2D eigenvalue weighted by molar-refractivity contribution is 5.69. The van der Waals surface area contributed by atoms with Crippen LogP contribution in [-0.2, 0) is 6.54 Å². The summed E-state index contributed by atoms with van der Waals surface area (Å²) in [5.41, 5.74) is 1.84. The van der Waals surface area contributed by atoms with Crippen LogP contribution in [0.25, 0.3) is 11.1 Å². The number of hydrogen-bond acceptors (Lipinski definition) is 5. The Kier molecular flexibility index (Phi) is 6.71. The minimum atomic E-state index is -0.922. The van der Waals surface area contributed by atoms with Gasteiger partial charge in [0, 0.05) is 11.8 Å². The maximum atomic E-state index is 13.6. The number of rotatable bonds is 5. The van der Waals surface area contributed by atoms with Crippen molar-refractivity contribution in [2.24, 2.45) is 0 Å². The third-order valence-electron chi connectivity index (χ3n) is 3.30. The van der Waals surface area contributed by atoms with Gasteiger partial charge in [-0.2, -0.15) is 4.80 Å². The third-order valence-corrected chi connectivity index (χ3v) is 3.30. The number of halogens is 2. The van der Waals surface area contributed by atoms with Crippen molar-refractivity contribution >= 4 is 0 Å². The Hall–Kier alpha value is -2.90. The van der Waals surface area contributed by atoms with Crippen LogP contribution in [0.15, 0.2) is 30.5 Å². The smallest absolute Gasteiger partial charge is 0.221 e. The number of nitrogens with zero attached hydrogens (tertiary/aromatic N) is 5. The van der Waals surface area contributed by atoms with Gasteiger partial charge in [0.2, 0.25) is 5.88 Å². The van der Waals surface area contributed by atoms with Crippen LogP contribution in [0.3, 0.4) is 0 Å². The van der Waals surface area contributed by atoms with E-state index in [-0.39, 0.29) is 0 Å². The Balaban J connectivity index is 0.00000117. The summed E-state index contributed by atoms with van der Waals surface area (Å²) in [5.74, 6) is -0.901. The van der Waals surface area contributed by atoms with E-state index < -0.39 is 11.6 Å². The fraction of sp³-hybridized carbons (Fsp3) is 0.333. The molecule has 0 bridgehead atoms. The summed E-state index contributed by atoms with van der Waals surface area (Å²) in [4.78, 5) is 5.70. The van der Waals surface area contributed by atoms with Crippen molar-refractivity contribution in [1.29, 1.82) is 0 Å². The van der Waals surface area contributed by atoms with E-state index in [2.05, 4.69) is 20.4 Å². The van der Waals surface area contributed by atoms with E-state index in [1.54, 1.807) is 19.2 Å². The van der Waals surface area contributed by atoms with E-state index in [9.17, 15) is 8.78 Å². The van der Waals surface area contributed by atoms with E-state index in [1.807, 2.05) is 20.8 Å². The summed E-state index contributed by atoms with van der Waals surface area (Å²) in [7, 11) is 0. The van der Waals surface area contributed by atoms with Gasteiger partial charge in [-0.15, -0.1) is 10.2 Å². The molecule has 0 spiro atoms. The van der Waals surface area contributed by atoms with Gasteiger partial charge in [-0.3, -0.25) is 0 Å². The topological polar surface area (TPSA) is 65.7 Å². The maximum absolute atomic E-state index is 13.6. The first-order valence-electron chi connectivity index (χ1n) is 8.38. The third kappa shape index (κ3) is 4.59. The molecule has 0 amide bonds. The van der Waals surface area contributed by atoms with Gasteiger partial charge in [0.05, 0.1) is 13.2 Å². The second-order valence-electron chi connectivity index (χ2n) is 5.13. The van der Waals surface area contributed by atoms with E-state index in [1.165, 1.54) is 10.9 Å². The van der Waals surface area contributed by atoms with Crippen LogP contribution >= 0.6 is 0 Å². The highest BCUT2D eigenvalue weighted by Crippen LogP contribution is 2.30. The number of pyridine rings is 1. The van der Waals surface area contributed by atoms with Crippen molar-refractivity contribution in [2.75, 3.05) is 6.61 Å². The molecule has 1 aromatic carbocycles. The first kappa shape index (κ1) is 19.4. The monoisotopic (exact) mass is 361 g/mol. The second kappa shape index (κ2) is 8.98. The van der Waals surface area contributed by atoms with Gasteiger partial charge in [0.1, 0.15) is 0 Å². The van der Waals surface area contributed by atoms with Gasteiger partial charge < -0.3 is 4.74 Å². The molecule has 0 aliphatic carbocycles. The molecule has 3 rings (SSSR count). The van der Waals surface area contributed by atoms with Crippen molar-refractivity contribution in [1.82, 2.24) is 25.2 Å². The Morgan fingerprint density at radius 1 is 1.12 bits per heavy atom. The largest absolute Gasteiger partial charge is 0.478 e. The number of benzene rings is 1. The van der Waals surface area contributed by atoms with Crippen molar-refractivity contribution in [3.63, 3.8) is 0 Å². The SMILES string of the molecule is CC.CCOc1ncc(Cn2nnc(C)n2)cc1-c1ccc(F)c(F)c1. The lowest BCUT2D eigenvalue weighted by molar-refractivity contribution is 0.328. The molecule has 0 saturated carbocycles. The predicted octanol–water partition coefficient (Wildman–Crippen LogP) is 3.79. The van der Waals surface area contributed by atoms with E-state index in [0.29, 0.717) is 36.0 Å². The average molecular weight is 361 g/mol. The molecule has 0 unspecified atom stereocenters. The van der Waals surface area contributed by atoms with Crippen molar-refractivity contribution in [2.45, 2.75) is 34.2 Å². The van der Waals surface area contributed by atoms with Crippen LogP contribution in [-0.4, -0.2) is 31.8 Å². The molecule has 0 aliphatic heterocycles. The lowest BCUT2D eigenvalue weighted by atomic mass is 10.0. The van der Waals surface area contributed by atoms with E-state index in [4.69, 9.17) is 4.74 Å². The van der Waals surface area contributed by atoms with Crippen LogP contribution < -0.4 is 4.74 Å². The number of ether oxygens (including phenoxy) is 1. The first-order chi connectivity index (χ1) is 12.6. The lowest BCUT2D eigenvalue weighted by Crippen LogP contribution is -2.06. The summed E-state index contributed by atoms with van der Waals surface area (Å²) in [5, 5.41) is 11.8. The molecule has 0 aliphatic rings. The molecule has 6 nitrogen and oxygen atoms in total. The van der Waals surface area contributed by atoms with Crippen LogP contribution in [0.4, 0.5) is 8.78 Å². The molecule has 0 N–H and O–H groups in total. The van der Waals surface area contributed by atoms with Crippen LogP contribution in [0.5, 0.6) is 5.88 Å². The molecule has 138 valence electrons. The van der Waals surface area contributed by atoms with Gasteiger partial charge in [0.25, 0.3) is 0 Å². The normalized spacial score (nSPS) is 10.2. The summed E-state index contributed by atoms with van der Waals surface area (Å²) in [6, 6.07) is 5.48. The summed E-state index contributed by atoms with van der Waals surface area (Å²) in [6.45, 7) is 8.34. The standard InChI is InChI=1S/C16H15F2N5O.C2H6/c1-3-24-16-13(12-4-5-14(17)15(18)7-12)6-11(8-19-16)9-23-21-10(2)20-22-23;1-2/h4-8H,3,9H2,1-2H3;1-2H3. The fourth-order valence-electron chi connectivity index (χ4n) is 2.26. The minimum absolute atomic E-state index is 0.356. The zero-order valence-electron chi connectivity index (χ0n) is 15.2. The molecule has 26 heavy (non-hydrogen) atoms. The van der Waals surface area contributed by atoms with E-state index >= 15 is 0 Å². The number of aryl methyl sites for hydroxylation is 1. The highest BCUT2D eigenvalue weighted by Gasteiger charge is 2.13. The molecule has 0 radical (unpaired) electrons. The molecule has 2 aromatic heterocycles. The van der Waals surface area contributed by atoms with E-state index in [0.717, 1.165) is 17.7 Å². The Labute approximate surface area is 150 Å². The zero-order valence-corrected chi connectivity index (χ0v) is 15.2. The molecular weight excluding hydrogens is 340 g/mol. The predicted molar refractivity (Wildman–Crippen MR) is 93.8 cm³/mol. The first-order valence-corrected chi connectivity index (χ1v) is 8.38. The number of hydrogen-bond donors (Lipinski definition) is 0. The number of tetrazole rings is 1. The van der Waals surface area contributed by atoms with Crippen LogP contribution in [0.2, 0.25) is 0 Å². The lowest BCUT2D eigenvalue weighted by Gasteiger charge is -2.11. The molecule has 8 heteroatoms. The van der Waals surface area contributed by atoms with Gasteiger partial charge in [-0.1, -0.05) is 19.9 Å². The minimum Gasteiger partial charge on any atom is -0.478 e. The Bertz CT molecular complexity index is 867. The Morgan fingerprint density at radius 2 is 1.88 bits per heavy atom. The van der Waals surface area contributed by atoms with Gasteiger partial charge in [-0.05, 0) is 48.4 Å². The van der Waals surface area contributed by atoms with Crippen molar-refractivity contribution in [3.05, 3.63) is 53.5 Å². The maximum Gasteiger partial charge on any atom is 0.221 e. The second-order valence-corrected chi connectivity index (χ2v) is 5.13. The summed E-state index contributed by atoms with van der Waals surface area (Å²) in [6.07, 6.45) is 1.63. The molecule has 3 aromatic rings. The van der Waals surface area contributed by atoms with Crippen molar-refractivity contribution < 1.29 is 13.5 Å². The summed E-state index contributed by atoms with van der Waals surface area (Å²) >= 11 is 0. The molecule has 2 heterocycles. The highest BCUT2D eigenvalue weighted by atomic mass is 19.2. The van der Waals surface area contributed by atoms with Gasteiger partial charge >= 0.3 is 0 Å². The van der Waals surface area contributed by atoms with Crippen LogP contribution in [0, 0.1) is 18.6 Å². The quantitative estimate of drug-likeness (QED) is 0.692. The molecule has 0 fully saturated rings. The van der Waals surface area contributed by atoms with Gasteiger partial charge in [0.15, 0.2) is 17.5 Å². The van der Waals surface area contributed by atoms with Crippen molar-refractivity contribution in [3.8, 4) is 17.0 Å². The zero-order chi connectivity index (χ0) is 19.1.